The smallest absolute Gasteiger partial charge is 0.430 e. The lowest BCUT2D eigenvalue weighted by Crippen LogP contribution is -2.53. The molecular weight excluding hydrogens is 508 g/mol. The summed E-state index contributed by atoms with van der Waals surface area (Å²) in [5.74, 6) is 0.841. The number of thiazole rings is 1. The zero-order valence-electron chi connectivity index (χ0n) is 18.7. The molecule has 2 aliphatic rings. The maximum atomic E-state index is 13.1. The van der Waals surface area contributed by atoms with Gasteiger partial charge in [-0.3, -0.25) is 9.88 Å². The maximum absolute atomic E-state index is 13.1. The monoisotopic (exact) mass is 529 g/mol. The van der Waals surface area contributed by atoms with Gasteiger partial charge in [0.2, 0.25) is 0 Å². The fourth-order valence-electron chi connectivity index (χ4n) is 4.74. The lowest BCUT2D eigenvalue weighted by atomic mass is 9.87. The number of pyridine rings is 1. The molecule has 0 amide bonds. The van der Waals surface area contributed by atoms with Gasteiger partial charge in [0.05, 0.1) is 6.20 Å². The predicted octanol–water partition coefficient (Wildman–Crippen LogP) is 5.49. The molecule has 1 N–H and O–H groups in total. The van der Waals surface area contributed by atoms with E-state index in [2.05, 4.69) is 14.9 Å². The molecule has 0 atom stereocenters. The molecule has 1 saturated heterocycles. The van der Waals surface area contributed by atoms with Crippen LogP contribution in [-0.2, 0) is 18.6 Å². The third-order valence-electron chi connectivity index (χ3n) is 6.78. The Morgan fingerprint density at radius 3 is 2.25 bits per heavy atom. The van der Waals surface area contributed by atoms with Gasteiger partial charge in [-0.2, -0.15) is 26.3 Å². The van der Waals surface area contributed by atoms with E-state index in [1.54, 1.807) is 18.6 Å². The number of aliphatic hydroxyl groups is 1. The normalized spacial score (nSPS) is 18.3. The van der Waals surface area contributed by atoms with Crippen molar-refractivity contribution in [2.24, 2.45) is 0 Å². The quantitative estimate of drug-likeness (QED) is 0.454. The Hall–Kier alpha value is -2.70. The Labute approximate surface area is 206 Å². The molecule has 2 aromatic heterocycles. The zero-order valence-corrected chi connectivity index (χ0v) is 19.6. The first-order chi connectivity index (χ1) is 16.9. The molecule has 0 saturated carbocycles. The lowest BCUT2D eigenvalue weighted by molar-refractivity contribution is -0.376. The van der Waals surface area contributed by atoms with Crippen LogP contribution in [0.5, 0.6) is 5.75 Å². The van der Waals surface area contributed by atoms with Crippen molar-refractivity contribution in [3.05, 3.63) is 64.9 Å². The number of ether oxygens (including phenoxy) is 1. The third-order valence-corrected chi connectivity index (χ3v) is 7.81. The summed E-state index contributed by atoms with van der Waals surface area (Å²) in [6, 6.07) is 5.46. The van der Waals surface area contributed by atoms with Gasteiger partial charge in [0.1, 0.15) is 16.4 Å². The number of hydrogen-bond donors (Lipinski definition) is 1. The van der Waals surface area contributed by atoms with Crippen LogP contribution in [0.25, 0.3) is 10.6 Å². The topological polar surface area (TPSA) is 58.5 Å². The summed E-state index contributed by atoms with van der Waals surface area (Å²) in [6.07, 6.45) is -4.10. The molecular formula is C24H21F6N3O2S. The van der Waals surface area contributed by atoms with Crippen LogP contribution in [-0.4, -0.2) is 51.0 Å². The van der Waals surface area contributed by atoms with Crippen molar-refractivity contribution < 1.29 is 36.2 Å². The van der Waals surface area contributed by atoms with Gasteiger partial charge in [-0.25, -0.2) is 4.98 Å². The number of rotatable bonds is 4. The number of halogens is 6. The van der Waals surface area contributed by atoms with Crippen LogP contribution in [0.15, 0.2) is 48.9 Å². The van der Waals surface area contributed by atoms with Crippen LogP contribution in [0.3, 0.4) is 0 Å². The average molecular weight is 530 g/mol. The van der Waals surface area contributed by atoms with Crippen molar-refractivity contribution in [3.8, 4) is 16.3 Å². The minimum Gasteiger partial charge on any atom is -0.485 e. The lowest BCUT2D eigenvalue weighted by Gasteiger charge is -2.38. The first kappa shape index (κ1) is 25.0. The molecule has 192 valence electrons. The fraction of sp³-hybridized carbons (Fsp3) is 0.417. The molecule has 0 aliphatic carbocycles. The average Bonchev–Trinajstić information content (AvgIpc) is 3.43. The van der Waals surface area contributed by atoms with Crippen molar-refractivity contribution in [3.63, 3.8) is 0 Å². The van der Waals surface area contributed by atoms with Crippen molar-refractivity contribution in [2.75, 3.05) is 13.1 Å². The van der Waals surface area contributed by atoms with Crippen LogP contribution in [0.4, 0.5) is 26.3 Å². The number of nitrogens with zero attached hydrogens (tertiary/aromatic N) is 3. The highest BCUT2D eigenvalue weighted by molar-refractivity contribution is 7.15. The Morgan fingerprint density at radius 2 is 1.64 bits per heavy atom. The number of alkyl halides is 6. The summed E-state index contributed by atoms with van der Waals surface area (Å²) in [7, 11) is 0. The van der Waals surface area contributed by atoms with E-state index in [9.17, 15) is 31.4 Å². The first-order valence-corrected chi connectivity index (χ1v) is 12.0. The highest BCUT2D eigenvalue weighted by Crippen LogP contribution is 2.50. The van der Waals surface area contributed by atoms with Crippen LogP contribution in [0.1, 0.15) is 28.8 Å². The summed E-state index contributed by atoms with van der Waals surface area (Å²) in [6.45, 7) is 2.26. The van der Waals surface area contributed by atoms with E-state index in [1.165, 1.54) is 16.9 Å². The van der Waals surface area contributed by atoms with E-state index >= 15 is 0 Å². The highest BCUT2D eigenvalue weighted by Gasteiger charge is 2.71. The van der Waals surface area contributed by atoms with E-state index in [0.717, 1.165) is 55.1 Å². The summed E-state index contributed by atoms with van der Waals surface area (Å²) < 4.78 is 84.8. The Bertz CT molecular complexity index is 1190. The Kier molecular flexibility index (Phi) is 6.04. The van der Waals surface area contributed by atoms with Crippen LogP contribution in [0, 0.1) is 0 Å². The molecule has 4 heterocycles. The number of likely N-dealkylation sites (tertiary alicyclic amines) is 1. The number of aromatic nitrogens is 2. The Balaban J connectivity index is 1.23. The molecule has 36 heavy (non-hydrogen) atoms. The van der Waals surface area contributed by atoms with Crippen molar-refractivity contribution in [2.45, 2.75) is 49.4 Å². The van der Waals surface area contributed by atoms with Gasteiger partial charge in [-0.15, -0.1) is 11.3 Å². The van der Waals surface area contributed by atoms with Crippen molar-refractivity contribution in [1.29, 1.82) is 0 Å². The standard InChI is InChI=1S/C24H21F6N3O2S/c25-23(26,27)22(34,24(28,29)30)17-3-1-15(2-4-17)20-32-12-18(36-20)14-33-9-6-21(7-10-33)11-16-5-8-31-13-19(16)35-21/h1-5,8,12-13,34H,6-7,9-11,14H2. The SMILES string of the molecule is OC(c1ccc(-c2ncc(CN3CCC4(CC3)Cc3ccncc3O4)s2)cc1)(C(F)(F)F)C(F)(F)F. The van der Waals surface area contributed by atoms with Gasteiger partial charge in [0, 0.05) is 72.9 Å². The molecule has 0 bridgehead atoms. The molecule has 0 unspecified atom stereocenters. The maximum Gasteiger partial charge on any atom is 0.430 e. The summed E-state index contributed by atoms with van der Waals surface area (Å²) in [4.78, 5) is 11.6. The summed E-state index contributed by atoms with van der Waals surface area (Å²) >= 11 is 1.32. The second kappa shape index (κ2) is 8.70. The molecule has 1 fully saturated rings. The molecule has 0 radical (unpaired) electrons. The Morgan fingerprint density at radius 1 is 0.972 bits per heavy atom. The van der Waals surface area contributed by atoms with Gasteiger partial charge in [-0.05, 0) is 6.07 Å². The van der Waals surface area contributed by atoms with Crippen LogP contribution in [0.2, 0.25) is 0 Å². The van der Waals surface area contributed by atoms with Gasteiger partial charge in [-0.1, -0.05) is 24.3 Å². The van der Waals surface area contributed by atoms with Gasteiger partial charge in [0.25, 0.3) is 5.60 Å². The van der Waals surface area contributed by atoms with Crippen molar-refractivity contribution >= 4 is 11.3 Å². The zero-order chi connectivity index (χ0) is 25.8. The minimum absolute atomic E-state index is 0.211. The second-order valence-corrected chi connectivity index (χ2v) is 10.3. The number of piperidine rings is 1. The number of hydrogen-bond acceptors (Lipinski definition) is 6. The summed E-state index contributed by atoms with van der Waals surface area (Å²) in [5, 5.41) is 10.0. The first-order valence-electron chi connectivity index (χ1n) is 11.2. The fourth-order valence-corrected chi connectivity index (χ4v) is 5.70. The van der Waals surface area contributed by atoms with E-state index < -0.39 is 23.5 Å². The highest BCUT2D eigenvalue weighted by atomic mass is 32.1. The van der Waals surface area contributed by atoms with Crippen molar-refractivity contribution in [1.82, 2.24) is 14.9 Å². The molecule has 5 rings (SSSR count). The number of fused-ring (bicyclic) bond motifs is 1. The predicted molar refractivity (Wildman–Crippen MR) is 119 cm³/mol. The largest absolute Gasteiger partial charge is 0.485 e. The molecule has 3 aromatic rings. The number of benzene rings is 1. The van der Waals surface area contributed by atoms with Crippen LogP contribution >= 0.6 is 11.3 Å². The van der Waals surface area contributed by atoms with E-state index in [0.29, 0.717) is 29.2 Å². The second-order valence-electron chi connectivity index (χ2n) is 9.14. The third kappa shape index (κ3) is 4.35. The van der Waals surface area contributed by atoms with Gasteiger partial charge in [0.15, 0.2) is 0 Å². The molecule has 2 aliphatic heterocycles. The molecule has 5 nitrogen and oxygen atoms in total. The minimum atomic E-state index is -5.92. The molecule has 1 spiro atoms. The van der Waals surface area contributed by atoms with Gasteiger partial charge >= 0.3 is 12.4 Å². The van der Waals surface area contributed by atoms with E-state index in [4.69, 9.17) is 4.74 Å². The summed E-state index contributed by atoms with van der Waals surface area (Å²) in [5.41, 5.74) is -4.92. The molecule has 12 heteroatoms. The van der Waals surface area contributed by atoms with Gasteiger partial charge < -0.3 is 9.84 Å². The van der Waals surface area contributed by atoms with E-state index in [-0.39, 0.29) is 5.60 Å². The van der Waals surface area contributed by atoms with E-state index in [1.807, 2.05) is 6.07 Å². The molecule has 1 aromatic carbocycles. The van der Waals surface area contributed by atoms with Crippen LogP contribution < -0.4 is 4.74 Å².